The van der Waals surface area contributed by atoms with Crippen molar-refractivity contribution in [2.75, 3.05) is 13.7 Å². The first-order valence-corrected chi connectivity index (χ1v) is 8.87. The zero-order chi connectivity index (χ0) is 18.9. The van der Waals surface area contributed by atoms with Crippen molar-refractivity contribution >= 4 is 17.9 Å². The van der Waals surface area contributed by atoms with Gasteiger partial charge in [0.15, 0.2) is 6.61 Å². The molecule has 142 valence electrons. The number of carbonyl (C=O) groups excluding carboxylic acids is 3. The maximum Gasteiger partial charge on any atom is 0.321 e. The standard InChI is InChI=1S/C19H26N2O5/c1-13-5-3-4-6-16(13)20-19(24)21-17(22)12-26-18(23)11-14-7-9-15(25-2)10-8-14/h7-10,13,16H,3-6,11-12H2,1-2H3,(H2,20,21,22,24)/t13-,16-/m0/s1. The molecule has 0 radical (unpaired) electrons. The number of imide groups is 1. The largest absolute Gasteiger partial charge is 0.497 e. The Kier molecular flexibility index (Phi) is 7.44. The molecule has 0 spiro atoms. The third kappa shape index (κ3) is 6.38. The van der Waals surface area contributed by atoms with Crippen molar-refractivity contribution < 1.29 is 23.9 Å². The van der Waals surface area contributed by atoms with E-state index in [9.17, 15) is 14.4 Å². The molecule has 0 heterocycles. The highest BCUT2D eigenvalue weighted by molar-refractivity contribution is 5.95. The Morgan fingerprint density at radius 1 is 1.12 bits per heavy atom. The fourth-order valence-electron chi connectivity index (χ4n) is 3.01. The van der Waals surface area contributed by atoms with E-state index in [-0.39, 0.29) is 12.5 Å². The molecule has 1 fully saturated rings. The molecule has 1 aromatic carbocycles. The van der Waals surface area contributed by atoms with E-state index in [4.69, 9.17) is 9.47 Å². The highest BCUT2D eigenvalue weighted by Gasteiger charge is 2.23. The highest BCUT2D eigenvalue weighted by Crippen LogP contribution is 2.23. The summed E-state index contributed by atoms with van der Waals surface area (Å²) in [5.74, 6) is -0.0904. The Balaban J connectivity index is 1.68. The number of nitrogens with one attached hydrogen (secondary N) is 2. The van der Waals surface area contributed by atoms with E-state index in [0.717, 1.165) is 24.8 Å². The SMILES string of the molecule is COc1ccc(CC(=O)OCC(=O)NC(=O)N[C@H]2CCCC[C@@H]2C)cc1. The summed E-state index contributed by atoms with van der Waals surface area (Å²) in [6.45, 7) is 1.61. The zero-order valence-corrected chi connectivity index (χ0v) is 15.2. The van der Waals surface area contributed by atoms with Gasteiger partial charge in [-0.05, 0) is 36.5 Å². The molecule has 0 bridgehead atoms. The van der Waals surface area contributed by atoms with Gasteiger partial charge < -0.3 is 14.8 Å². The Morgan fingerprint density at radius 2 is 1.81 bits per heavy atom. The van der Waals surface area contributed by atoms with Crippen LogP contribution < -0.4 is 15.4 Å². The van der Waals surface area contributed by atoms with Crippen molar-refractivity contribution in [2.24, 2.45) is 5.92 Å². The van der Waals surface area contributed by atoms with Crippen LogP contribution in [0.3, 0.4) is 0 Å². The summed E-state index contributed by atoms with van der Waals surface area (Å²) in [6, 6.07) is 6.52. The van der Waals surface area contributed by atoms with Gasteiger partial charge in [-0.3, -0.25) is 14.9 Å². The zero-order valence-electron chi connectivity index (χ0n) is 15.2. The van der Waals surface area contributed by atoms with Crippen LogP contribution in [-0.4, -0.2) is 37.7 Å². The number of rotatable bonds is 6. The lowest BCUT2D eigenvalue weighted by Crippen LogP contribution is -2.48. The van der Waals surface area contributed by atoms with E-state index in [1.54, 1.807) is 31.4 Å². The lowest BCUT2D eigenvalue weighted by molar-refractivity contribution is -0.147. The minimum atomic E-state index is -0.644. The number of esters is 1. The summed E-state index contributed by atoms with van der Waals surface area (Å²) >= 11 is 0. The molecule has 2 atom stereocenters. The molecule has 1 aliphatic rings. The third-order valence-electron chi connectivity index (χ3n) is 4.55. The summed E-state index contributed by atoms with van der Waals surface area (Å²) in [5.41, 5.74) is 0.750. The second kappa shape index (κ2) is 9.79. The first-order valence-electron chi connectivity index (χ1n) is 8.87. The van der Waals surface area contributed by atoms with E-state index in [2.05, 4.69) is 17.6 Å². The molecule has 26 heavy (non-hydrogen) atoms. The number of hydrogen-bond acceptors (Lipinski definition) is 5. The van der Waals surface area contributed by atoms with Crippen LogP contribution in [0.15, 0.2) is 24.3 Å². The smallest absolute Gasteiger partial charge is 0.321 e. The predicted molar refractivity (Wildman–Crippen MR) is 95.8 cm³/mol. The molecule has 7 nitrogen and oxygen atoms in total. The van der Waals surface area contributed by atoms with E-state index in [1.165, 1.54) is 6.42 Å². The molecular weight excluding hydrogens is 336 g/mol. The molecule has 0 aliphatic heterocycles. The number of methoxy groups -OCH3 is 1. The van der Waals surface area contributed by atoms with Crippen LogP contribution in [0.2, 0.25) is 0 Å². The lowest BCUT2D eigenvalue weighted by atomic mass is 9.86. The molecule has 1 aromatic rings. The molecular formula is C19H26N2O5. The van der Waals surface area contributed by atoms with Crippen molar-refractivity contribution in [1.29, 1.82) is 0 Å². The van der Waals surface area contributed by atoms with Crippen molar-refractivity contribution in [3.63, 3.8) is 0 Å². The summed E-state index contributed by atoms with van der Waals surface area (Å²) < 4.78 is 9.96. The second-order valence-corrected chi connectivity index (χ2v) is 6.58. The molecule has 2 N–H and O–H groups in total. The lowest BCUT2D eigenvalue weighted by Gasteiger charge is -2.29. The van der Waals surface area contributed by atoms with Gasteiger partial charge in [0.2, 0.25) is 0 Å². The Bertz CT molecular complexity index is 629. The van der Waals surface area contributed by atoms with Crippen molar-refractivity contribution in [3.8, 4) is 5.75 Å². The number of ether oxygens (including phenoxy) is 2. The summed E-state index contributed by atoms with van der Waals surface area (Å²) in [6.07, 6.45) is 4.28. The minimum absolute atomic E-state index is 0.0447. The second-order valence-electron chi connectivity index (χ2n) is 6.58. The average Bonchev–Trinajstić information content (AvgIpc) is 2.62. The van der Waals surface area contributed by atoms with Crippen molar-refractivity contribution in [1.82, 2.24) is 10.6 Å². The summed E-state index contributed by atoms with van der Waals surface area (Å²) in [7, 11) is 1.56. The van der Waals surface area contributed by atoms with Crippen LogP contribution in [-0.2, 0) is 20.7 Å². The Morgan fingerprint density at radius 3 is 2.46 bits per heavy atom. The molecule has 0 saturated heterocycles. The van der Waals surface area contributed by atoms with Gasteiger partial charge in [0.1, 0.15) is 5.75 Å². The van der Waals surface area contributed by atoms with Crippen LogP contribution in [0.4, 0.5) is 4.79 Å². The molecule has 1 saturated carbocycles. The Hall–Kier alpha value is -2.57. The van der Waals surface area contributed by atoms with E-state index >= 15 is 0 Å². The third-order valence-corrected chi connectivity index (χ3v) is 4.55. The van der Waals surface area contributed by atoms with Gasteiger partial charge in [-0.1, -0.05) is 31.9 Å². The van der Waals surface area contributed by atoms with Crippen LogP contribution in [0.5, 0.6) is 5.75 Å². The molecule has 3 amide bonds. The van der Waals surface area contributed by atoms with Gasteiger partial charge in [0, 0.05) is 6.04 Å². The fourth-order valence-corrected chi connectivity index (χ4v) is 3.01. The maximum atomic E-state index is 11.9. The van der Waals surface area contributed by atoms with Gasteiger partial charge in [-0.2, -0.15) is 0 Å². The van der Waals surface area contributed by atoms with Crippen LogP contribution in [0, 0.1) is 5.92 Å². The number of benzene rings is 1. The first-order chi connectivity index (χ1) is 12.5. The van der Waals surface area contributed by atoms with E-state index in [0.29, 0.717) is 11.7 Å². The molecule has 7 heteroatoms. The van der Waals surface area contributed by atoms with Gasteiger partial charge in [-0.15, -0.1) is 0 Å². The molecule has 2 rings (SSSR count). The number of hydrogen-bond donors (Lipinski definition) is 2. The van der Waals surface area contributed by atoms with Gasteiger partial charge in [-0.25, -0.2) is 4.79 Å². The summed E-state index contributed by atoms with van der Waals surface area (Å²) in [5, 5.41) is 5.01. The maximum absolute atomic E-state index is 11.9. The molecule has 0 unspecified atom stereocenters. The van der Waals surface area contributed by atoms with Crippen LogP contribution in [0.25, 0.3) is 0 Å². The first kappa shape index (κ1) is 19.8. The predicted octanol–water partition coefficient (Wildman–Crippen LogP) is 2.19. The number of amides is 3. The molecule has 1 aliphatic carbocycles. The monoisotopic (exact) mass is 362 g/mol. The minimum Gasteiger partial charge on any atom is -0.497 e. The normalized spacial score (nSPS) is 19.3. The van der Waals surface area contributed by atoms with E-state index in [1.807, 2.05) is 0 Å². The number of urea groups is 1. The quantitative estimate of drug-likeness (QED) is 0.757. The van der Waals surface area contributed by atoms with Gasteiger partial charge >= 0.3 is 12.0 Å². The summed E-state index contributed by atoms with van der Waals surface area (Å²) in [4.78, 5) is 35.4. The van der Waals surface area contributed by atoms with E-state index < -0.39 is 24.5 Å². The van der Waals surface area contributed by atoms with Gasteiger partial charge in [0.05, 0.1) is 13.5 Å². The van der Waals surface area contributed by atoms with Crippen molar-refractivity contribution in [3.05, 3.63) is 29.8 Å². The fraction of sp³-hybridized carbons (Fsp3) is 0.526. The molecule has 0 aromatic heterocycles. The topological polar surface area (TPSA) is 93.7 Å². The van der Waals surface area contributed by atoms with Gasteiger partial charge in [0.25, 0.3) is 5.91 Å². The van der Waals surface area contributed by atoms with Crippen molar-refractivity contribution in [2.45, 2.75) is 45.1 Å². The number of carbonyl (C=O) groups is 3. The highest BCUT2D eigenvalue weighted by atomic mass is 16.5. The van der Waals surface area contributed by atoms with Crippen LogP contribution in [0.1, 0.15) is 38.2 Å². The van der Waals surface area contributed by atoms with Crippen LogP contribution >= 0.6 is 0 Å². The average molecular weight is 362 g/mol. The Labute approximate surface area is 153 Å².